The largest absolute Gasteiger partial charge is 0.356 e. The van der Waals surface area contributed by atoms with Crippen LogP contribution < -0.4 is 0 Å². The lowest BCUT2D eigenvalue weighted by Crippen LogP contribution is -2.15. The average Bonchev–Trinajstić information content (AvgIpc) is 2.21. The molecule has 0 N–H and O–H groups in total. The van der Waals surface area contributed by atoms with Crippen molar-refractivity contribution in [2.75, 3.05) is 13.7 Å². The molecule has 0 heterocycles. The number of methoxy groups -OCH3 is 1. The molecule has 0 aromatic carbocycles. The van der Waals surface area contributed by atoms with Gasteiger partial charge in [0.15, 0.2) is 6.29 Å². The zero-order valence-corrected chi connectivity index (χ0v) is 9.79. The van der Waals surface area contributed by atoms with Crippen LogP contribution in [0.3, 0.4) is 0 Å². The van der Waals surface area contributed by atoms with Gasteiger partial charge in [0.05, 0.1) is 0 Å². The summed E-state index contributed by atoms with van der Waals surface area (Å²) in [6, 6.07) is 0. The Labute approximate surface area is 88.3 Å². The van der Waals surface area contributed by atoms with Gasteiger partial charge < -0.3 is 9.47 Å². The van der Waals surface area contributed by atoms with Crippen molar-refractivity contribution in [3.8, 4) is 0 Å². The van der Waals surface area contributed by atoms with Gasteiger partial charge in [-0.15, -0.1) is 0 Å². The molecule has 0 aliphatic carbocycles. The maximum Gasteiger partial charge on any atom is 0.157 e. The maximum atomic E-state index is 5.57. The van der Waals surface area contributed by atoms with Gasteiger partial charge in [-0.1, -0.05) is 25.5 Å². The summed E-state index contributed by atoms with van der Waals surface area (Å²) >= 11 is 0. The molecule has 0 bridgehead atoms. The highest BCUT2D eigenvalue weighted by Gasteiger charge is 2.04. The third-order valence-corrected chi connectivity index (χ3v) is 2.09. The number of ether oxygens (including phenoxy) is 2. The SMILES string of the molecule is C/C=C/CCCCOC(CCC)OC. The lowest BCUT2D eigenvalue weighted by molar-refractivity contribution is -0.128. The molecule has 0 aliphatic heterocycles. The number of allylic oxidation sites excluding steroid dienone is 2. The number of rotatable bonds is 9. The second-order valence-electron chi connectivity index (χ2n) is 3.39. The minimum atomic E-state index is 0.00159. The van der Waals surface area contributed by atoms with Gasteiger partial charge in [0.2, 0.25) is 0 Å². The van der Waals surface area contributed by atoms with Crippen molar-refractivity contribution in [2.24, 2.45) is 0 Å². The Balaban J connectivity index is 3.23. The third kappa shape index (κ3) is 8.27. The van der Waals surface area contributed by atoms with E-state index in [9.17, 15) is 0 Å². The first-order valence-electron chi connectivity index (χ1n) is 5.60. The zero-order chi connectivity index (χ0) is 10.6. The highest BCUT2D eigenvalue weighted by molar-refractivity contribution is 4.76. The zero-order valence-electron chi connectivity index (χ0n) is 9.79. The molecule has 0 aliphatic rings. The Morgan fingerprint density at radius 2 is 2.07 bits per heavy atom. The molecule has 84 valence electrons. The fraction of sp³-hybridized carbons (Fsp3) is 0.833. The molecule has 14 heavy (non-hydrogen) atoms. The molecule has 0 amide bonds. The lowest BCUT2D eigenvalue weighted by Gasteiger charge is -2.14. The molecule has 2 heteroatoms. The van der Waals surface area contributed by atoms with Gasteiger partial charge in [-0.05, 0) is 32.6 Å². The lowest BCUT2D eigenvalue weighted by atomic mass is 10.2. The van der Waals surface area contributed by atoms with Gasteiger partial charge in [-0.3, -0.25) is 0 Å². The maximum absolute atomic E-state index is 5.57. The molecule has 1 atom stereocenters. The molecular weight excluding hydrogens is 176 g/mol. The molecule has 2 nitrogen and oxygen atoms in total. The predicted octanol–water partition coefficient (Wildman–Crippen LogP) is 3.52. The number of hydrogen-bond acceptors (Lipinski definition) is 2. The van der Waals surface area contributed by atoms with Crippen LogP contribution in [-0.4, -0.2) is 20.0 Å². The van der Waals surface area contributed by atoms with Crippen LogP contribution in [0.4, 0.5) is 0 Å². The first-order chi connectivity index (χ1) is 6.85. The van der Waals surface area contributed by atoms with Crippen LogP contribution in [0.15, 0.2) is 12.2 Å². The Morgan fingerprint density at radius 1 is 1.29 bits per heavy atom. The van der Waals surface area contributed by atoms with Gasteiger partial charge >= 0.3 is 0 Å². The van der Waals surface area contributed by atoms with E-state index in [1.165, 1.54) is 6.42 Å². The van der Waals surface area contributed by atoms with Crippen molar-refractivity contribution in [2.45, 2.75) is 52.2 Å². The van der Waals surface area contributed by atoms with E-state index in [2.05, 4.69) is 26.0 Å². The fourth-order valence-corrected chi connectivity index (χ4v) is 1.25. The van der Waals surface area contributed by atoms with E-state index < -0.39 is 0 Å². The van der Waals surface area contributed by atoms with Crippen LogP contribution in [0.25, 0.3) is 0 Å². The first kappa shape index (κ1) is 13.7. The van der Waals surface area contributed by atoms with Crippen molar-refractivity contribution in [1.82, 2.24) is 0 Å². The highest BCUT2D eigenvalue weighted by atomic mass is 16.7. The Bertz CT molecular complexity index is 132. The molecule has 0 aromatic rings. The Hall–Kier alpha value is -0.340. The van der Waals surface area contributed by atoms with E-state index in [1.54, 1.807) is 7.11 Å². The van der Waals surface area contributed by atoms with Crippen molar-refractivity contribution >= 4 is 0 Å². The van der Waals surface area contributed by atoms with Crippen molar-refractivity contribution in [1.29, 1.82) is 0 Å². The van der Waals surface area contributed by atoms with Crippen LogP contribution >= 0.6 is 0 Å². The van der Waals surface area contributed by atoms with Gasteiger partial charge in [0.1, 0.15) is 0 Å². The summed E-state index contributed by atoms with van der Waals surface area (Å²) in [5, 5.41) is 0. The molecule has 0 aromatic heterocycles. The summed E-state index contributed by atoms with van der Waals surface area (Å²) in [6.07, 6.45) is 9.87. The topological polar surface area (TPSA) is 18.5 Å². The van der Waals surface area contributed by atoms with Crippen LogP contribution in [-0.2, 0) is 9.47 Å². The Kier molecular flexibility index (Phi) is 10.5. The molecule has 0 rings (SSSR count). The van der Waals surface area contributed by atoms with Gasteiger partial charge in [0.25, 0.3) is 0 Å². The summed E-state index contributed by atoms with van der Waals surface area (Å²) in [7, 11) is 1.71. The highest BCUT2D eigenvalue weighted by Crippen LogP contribution is 2.05. The predicted molar refractivity (Wildman–Crippen MR) is 60.3 cm³/mol. The van der Waals surface area contributed by atoms with E-state index in [-0.39, 0.29) is 6.29 Å². The normalized spacial score (nSPS) is 13.6. The molecule has 0 spiro atoms. The van der Waals surface area contributed by atoms with E-state index in [0.717, 1.165) is 32.3 Å². The second kappa shape index (κ2) is 10.7. The van der Waals surface area contributed by atoms with Crippen LogP contribution in [0, 0.1) is 0 Å². The van der Waals surface area contributed by atoms with E-state index in [1.807, 2.05) is 0 Å². The monoisotopic (exact) mass is 200 g/mol. The van der Waals surface area contributed by atoms with Crippen LogP contribution in [0.2, 0.25) is 0 Å². The van der Waals surface area contributed by atoms with E-state index in [4.69, 9.17) is 9.47 Å². The summed E-state index contributed by atoms with van der Waals surface area (Å²) in [6.45, 7) is 5.01. The van der Waals surface area contributed by atoms with Gasteiger partial charge in [-0.2, -0.15) is 0 Å². The molecule has 0 radical (unpaired) electrons. The summed E-state index contributed by atoms with van der Waals surface area (Å²) in [5.74, 6) is 0. The summed E-state index contributed by atoms with van der Waals surface area (Å²) in [4.78, 5) is 0. The molecule has 0 saturated heterocycles. The van der Waals surface area contributed by atoms with Crippen molar-refractivity contribution in [3.63, 3.8) is 0 Å². The van der Waals surface area contributed by atoms with Crippen molar-refractivity contribution in [3.05, 3.63) is 12.2 Å². The van der Waals surface area contributed by atoms with Crippen LogP contribution in [0.5, 0.6) is 0 Å². The van der Waals surface area contributed by atoms with Crippen molar-refractivity contribution < 1.29 is 9.47 Å². The van der Waals surface area contributed by atoms with Crippen LogP contribution in [0.1, 0.15) is 46.0 Å². The van der Waals surface area contributed by atoms with Gasteiger partial charge in [-0.25, -0.2) is 0 Å². The fourth-order valence-electron chi connectivity index (χ4n) is 1.25. The third-order valence-electron chi connectivity index (χ3n) is 2.09. The first-order valence-corrected chi connectivity index (χ1v) is 5.60. The standard InChI is InChI=1S/C12H24O2/c1-4-6-7-8-9-11-14-12(13-3)10-5-2/h4,6,12H,5,7-11H2,1-3H3/b6-4+. The molecular formula is C12H24O2. The molecule has 0 saturated carbocycles. The average molecular weight is 200 g/mol. The quantitative estimate of drug-likeness (QED) is 0.322. The summed E-state index contributed by atoms with van der Waals surface area (Å²) < 4.78 is 10.7. The summed E-state index contributed by atoms with van der Waals surface area (Å²) in [5.41, 5.74) is 0. The van der Waals surface area contributed by atoms with E-state index in [0.29, 0.717) is 0 Å². The minimum absolute atomic E-state index is 0.00159. The minimum Gasteiger partial charge on any atom is -0.356 e. The Morgan fingerprint density at radius 3 is 2.64 bits per heavy atom. The molecule has 0 fully saturated rings. The number of unbranched alkanes of at least 4 members (excludes halogenated alkanes) is 2. The molecule has 1 unspecified atom stereocenters. The van der Waals surface area contributed by atoms with Gasteiger partial charge in [0, 0.05) is 13.7 Å². The second-order valence-corrected chi connectivity index (χ2v) is 3.39. The van der Waals surface area contributed by atoms with E-state index >= 15 is 0 Å². The number of hydrogen-bond donors (Lipinski definition) is 0. The smallest absolute Gasteiger partial charge is 0.157 e.